The molecule has 108 valence electrons. The number of alkyl halides is 3. The highest BCUT2D eigenvalue weighted by Gasteiger charge is 2.33. The van der Waals surface area contributed by atoms with Gasteiger partial charge in [-0.2, -0.15) is 18.4 Å². The van der Waals surface area contributed by atoms with Crippen LogP contribution in [0.15, 0.2) is 30.5 Å². The number of rotatable bonds is 2. The minimum atomic E-state index is -4.56. The average Bonchev–Trinajstić information content (AvgIpc) is 2.40. The summed E-state index contributed by atoms with van der Waals surface area (Å²) in [7, 11) is 0. The number of anilines is 3. The number of nitrogens with one attached hydrogen (secondary N) is 1. The van der Waals surface area contributed by atoms with Crippen molar-refractivity contribution in [2.45, 2.75) is 13.1 Å². The summed E-state index contributed by atoms with van der Waals surface area (Å²) >= 11 is 0. The summed E-state index contributed by atoms with van der Waals surface area (Å²) in [5, 5.41) is 11.9. The Labute approximate surface area is 119 Å². The molecular formula is C14H11F3N4. The van der Waals surface area contributed by atoms with Gasteiger partial charge in [0.25, 0.3) is 0 Å². The number of halogens is 3. The molecule has 1 heterocycles. The van der Waals surface area contributed by atoms with E-state index in [1.54, 1.807) is 25.1 Å². The fourth-order valence-corrected chi connectivity index (χ4v) is 1.79. The van der Waals surface area contributed by atoms with Crippen LogP contribution in [0.5, 0.6) is 0 Å². The van der Waals surface area contributed by atoms with E-state index in [4.69, 9.17) is 11.0 Å². The van der Waals surface area contributed by atoms with Crippen LogP contribution in [0.25, 0.3) is 0 Å². The van der Waals surface area contributed by atoms with Gasteiger partial charge in [-0.25, -0.2) is 4.98 Å². The number of aryl methyl sites for hydroxylation is 1. The number of aromatic nitrogens is 1. The average molecular weight is 292 g/mol. The molecule has 0 bridgehead atoms. The van der Waals surface area contributed by atoms with Crippen molar-refractivity contribution in [3.8, 4) is 6.07 Å². The highest BCUT2D eigenvalue weighted by Crippen LogP contribution is 2.33. The maximum absolute atomic E-state index is 12.7. The summed E-state index contributed by atoms with van der Waals surface area (Å²) in [6, 6.07) is 7.85. The first-order valence-electron chi connectivity index (χ1n) is 5.92. The van der Waals surface area contributed by atoms with E-state index >= 15 is 0 Å². The number of nitriles is 1. The van der Waals surface area contributed by atoms with E-state index in [2.05, 4.69) is 10.3 Å². The molecule has 0 saturated heterocycles. The molecule has 0 aliphatic rings. The van der Waals surface area contributed by atoms with Crippen molar-refractivity contribution in [1.82, 2.24) is 4.98 Å². The monoisotopic (exact) mass is 292 g/mol. The molecule has 0 fully saturated rings. The van der Waals surface area contributed by atoms with Gasteiger partial charge < -0.3 is 11.1 Å². The standard InChI is InChI=1S/C14H11F3N4/c1-8-3-2-4-11(9(8)6-18)21-12-5-13(14(15,16)17)20-7-10(12)19/h2-5,7H,19H2,1H3,(H,20,21). The summed E-state index contributed by atoms with van der Waals surface area (Å²) in [4.78, 5) is 3.26. The molecule has 7 heteroatoms. The fourth-order valence-electron chi connectivity index (χ4n) is 1.79. The number of hydrogen-bond donors (Lipinski definition) is 2. The molecule has 0 saturated carbocycles. The molecule has 0 aliphatic heterocycles. The van der Waals surface area contributed by atoms with E-state index in [1.807, 2.05) is 6.07 Å². The van der Waals surface area contributed by atoms with Crippen molar-refractivity contribution in [3.63, 3.8) is 0 Å². The Balaban J connectivity index is 2.46. The van der Waals surface area contributed by atoms with Gasteiger partial charge in [0.05, 0.1) is 28.8 Å². The molecular weight excluding hydrogens is 281 g/mol. The first kappa shape index (κ1) is 14.7. The van der Waals surface area contributed by atoms with Crippen LogP contribution in [0, 0.1) is 18.3 Å². The van der Waals surface area contributed by atoms with Gasteiger partial charge in [0.1, 0.15) is 11.8 Å². The third-order valence-electron chi connectivity index (χ3n) is 2.88. The van der Waals surface area contributed by atoms with Gasteiger partial charge in [-0.15, -0.1) is 0 Å². The summed E-state index contributed by atoms with van der Waals surface area (Å²) < 4.78 is 38.0. The zero-order chi connectivity index (χ0) is 15.6. The minimum absolute atomic E-state index is 0.0550. The summed E-state index contributed by atoms with van der Waals surface area (Å²) in [5.41, 5.74) is 6.16. The van der Waals surface area contributed by atoms with Gasteiger partial charge in [0.2, 0.25) is 0 Å². The van der Waals surface area contributed by atoms with E-state index in [9.17, 15) is 13.2 Å². The maximum Gasteiger partial charge on any atom is 0.433 e. The second-order valence-electron chi connectivity index (χ2n) is 4.39. The molecule has 2 rings (SSSR count). The molecule has 3 N–H and O–H groups in total. The van der Waals surface area contributed by atoms with Crippen LogP contribution in [-0.2, 0) is 6.18 Å². The zero-order valence-corrected chi connectivity index (χ0v) is 11.0. The van der Waals surface area contributed by atoms with Crippen molar-refractivity contribution in [1.29, 1.82) is 5.26 Å². The molecule has 0 unspecified atom stereocenters. The summed E-state index contributed by atoms with van der Waals surface area (Å²) in [6.07, 6.45) is -3.62. The molecule has 1 aromatic carbocycles. The van der Waals surface area contributed by atoms with Gasteiger partial charge in [0.15, 0.2) is 0 Å². The van der Waals surface area contributed by atoms with Crippen LogP contribution in [0.1, 0.15) is 16.8 Å². The second-order valence-corrected chi connectivity index (χ2v) is 4.39. The van der Waals surface area contributed by atoms with Crippen molar-refractivity contribution in [2.24, 2.45) is 0 Å². The SMILES string of the molecule is Cc1cccc(Nc2cc(C(F)(F)F)ncc2N)c1C#N. The molecule has 2 aromatic rings. The molecule has 0 radical (unpaired) electrons. The van der Waals surface area contributed by atoms with Crippen LogP contribution in [0.3, 0.4) is 0 Å². The highest BCUT2D eigenvalue weighted by molar-refractivity contribution is 5.75. The third kappa shape index (κ3) is 3.05. The molecule has 21 heavy (non-hydrogen) atoms. The lowest BCUT2D eigenvalue weighted by Crippen LogP contribution is -2.10. The Morgan fingerprint density at radius 3 is 2.62 bits per heavy atom. The van der Waals surface area contributed by atoms with Gasteiger partial charge >= 0.3 is 6.18 Å². The fraction of sp³-hybridized carbons (Fsp3) is 0.143. The number of hydrogen-bond acceptors (Lipinski definition) is 4. The Morgan fingerprint density at radius 2 is 2.00 bits per heavy atom. The molecule has 4 nitrogen and oxygen atoms in total. The smallest absolute Gasteiger partial charge is 0.396 e. The largest absolute Gasteiger partial charge is 0.433 e. The van der Waals surface area contributed by atoms with Crippen molar-refractivity contribution in [2.75, 3.05) is 11.1 Å². The Morgan fingerprint density at radius 1 is 1.29 bits per heavy atom. The van der Waals surface area contributed by atoms with Gasteiger partial charge in [-0.1, -0.05) is 12.1 Å². The van der Waals surface area contributed by atoms with Gasteiger partial charge in [-0.05, 0) is 24.6 Å². The normalized spacial score (nSPS) is 11.0. The maximum atomic E-state index is 12.7. The predicted molar refractivity (Wildman–Crippen MR) is 72.8 cm³/mol. The predicted octanol–water partition coefficient (Wildman–Crippen LogP) is 3.61. The topological polar surface area (TPSA) is 74.7 Å². The molecule has 0 spiro atoms. The van der Waals surface area contributed by atoms with E-state index < -0.39 is 11.9 Å². The molecule has 1 aromatic heterocycles. The van der Waals surface area contributed by atoms with E-state index in [1.165, 1.54) is 0 Å². The Bertz CT molecular complexity index is 717. The minimum Gasteiger partial charge on any atom is -0.396 e. The molecule has 0 atom stereocenters. The van der Waals surface area contributed by atoms with E-state index in [0.29, 0.717) is 16.8 Å². The lowest BCUT2D eigenvalue weighted by molar-refractivity contribution is -0.141. The number of nitrogen functional groups attached to an aromatic ring is 1. The Hall–Kier alpha value is -2.75. The van der Waals surface area contributed by atoms with E-state index in [-0.39, 0.29) is 11.4 Å². The zero-order valence-electron chi connectivity index (χ0n) is 11.0. The van der Waals surface area contributed by atoms with E-state index in [0.717, 1.165) is 12.3 Å². The highest BCUT2D eigenvalue weighted by atomic mass is 19.4. The lowest BCUT2D eigenvalue weighted by atomic mass is 10.1. The lowest BCUT2D eigenvalue weighted by Gasteiger charge is -2.14. The van der Waals surface area contributed by atoms with Crippen LogP contribution >= 0.6 is 0 Å². The first-order valence-corrected chi connectivity index (χ1v) is 5.92. The first-order chi connectivity index (χ1) is 9.82. The summed E-state index contributed by atoms with van der Waals surface area (Å²) in [5.74, 6) is 0. The number of nitrogens with two attached hydrogens (primary N) is 1. The Kier molecular flexibility index (Phi) is 3.72. The number of pyridine rings is 1. The molecule has 0 aliphatic carbocycles. The van der Waals surface area contributed by atoms with Crippen molar-refractivity contribution >= 4 is 17.1 Å². The quantitative estimate of drug-likeness (QED) is 0.886. The van der Waals surface area contributed by atoms with Gasteiger partial charge in [0, 0.05) is 0 Å². The van der Waals surface area contributed by atoms with Crippen LogP contribution in [-0.4, -0.2) is 4.98 Å². The number of nitrogens with zero attached hydrogens (tertiary/aromatic N) is 2. The van der Waals surface area contributed by atoms with Crippen molar-refractivity contribution < 1.29 is 13.2 Å². The van der Waals surface area contributed by atoms with Crippen LogP contribution in [0.2, 0.25) is 0 Å². The van der Waals surface area contributed by atoms with Crippen LogP contribution in [0.4, 0.5) is 30.2 Å². The van der Waals surface area contributed by atoms with Gasteiger partial charge in [-0.3, -0.25) is 0 Å². The second kappa shape index (κ2) is 5.32. The summed E-state index contributed by atoms with van der Waals surface area (Å²) in [6.45, 7) is 1.74. The number of benzene rings is 1. The molecule has 0 amide bonds. The van der Waals surface area contributed by atoms with Crippen molar-refractivity contribution in [3.05, 3.63) is 47.3 Å². The third-order valence-corrected chi connectivity index (χ3v) is 2.88. The van der Waals surface area contributed by atoms with Crippen LogP contribution < -0.4 is 11.1 Å².